The van der Waals surface area contributed by atoms with E-state index < -0.39 is 0 Å². The molecule has 1 aromatic carbocycles. The van der Waals surface area contributed by atoms with Gasteiger partial charge in [0.25, 0.3) is 0 Å². The van der Waals surface area contributed by atoms with E-state index in [2.05, 4.69) is 45.5 Å². The van der Waals surface area contributed by atoms with Crippen LogP contribution in [0.5, 0.6) is 0 Å². The molecule has 1 fully saturated rings. The number of amides is 1. The van der Waals surface area contributed by atoms with Crippen LogP contribution in [-0.2, 0) is 30.7 Å². The fraction of sp³-hybridized carbons (Fsp3) is 0.571. The van der Waals surface area contributed by atoms with Gasteiger partial charge in [0.15, 0.2) is 5.82 Å². The Morgan fingerprint density at radius 3 is 2.70 bits per heavy atom. The summed E-state index contributed by atoms with van der Waals surface area (Å²) in [5.74, 6) is 1.27. The first-order valence-electron chi connectivity index (χ1n) is 10.1. The summed E-state index contributed by atoms with van der Waals surface area (Å²) in [6.45, 7) is 5.95. The van der Waals surface area contributed by atoms with E-state index in [1.165, 1.54) is 43.5 Å². The Kier molecular flexibility index (Phi) is 7.39. The molecule has 0 bridgehead atoms. The lowest BCUT2D eigenvalue weighted by molar-refractivity contribution is -0.121. The predicted molar refractivity (Wildman–Crippen MR) is 104 cm³/mol. The van der Waals surface area contributed by atoms with Gasteiger partial charge in [0, 0.05) is 32.4 Å². The molecule has 1 N–H and O–H groups in total. The van der Waals surface area contributed by atoms with Crippen LogP contribution in [-0.4, -0.2) is 34.0 Å². The molecule has 0 saturated carbocycles. The van der Waals surface area contributed by atoms with Gasteiger partial charge in [-0.3, -0.25) is 9.69 Å². The van der Waals surface area contributed by atoms with E-state index in [1.54, 1.807) is 0 Å². The Morgan fingerprint density at radius 1 is 1.15 bits per heavy atom. The lowest BCUT2D eigenvalue weighted by Crippen LogP contribution is -2.30. The molecular weight excluding hydrogens is 340 g/mol. The lowest BCUT2D eigenvalue weighted by Gasteiger charge is -2.27. The minimum absolute atomic E-state index is 0.0121. The molecule has 2 aromatic rings. The first-order chi connectivity index (χ1) is 13.2. The van der Waals surface area contributed by atoms with Crippen LogP contribution >= 0.6 is 0 Å². The number of benzene rings is 1. The quantitative estimate of drug-likeness (QED) is 0.734. The second-order valence-corrected chi connectivity index (χ2v) is 7.24. The molecular formula is C21H30N4O2. The van der Waals surface area contributed by atoms with Gasteiger partial charge in [-0.05, 0) is 43.5 Å². The van der Waals surface area contributed by atoms with Crippen molar-refractivity contribution < 1.29 is 9.32 Å². The van der Waals surface area contributed by atoms with Crippen molar-refractivity contribution in [2.75, 3.05) is 13.1 Å². The molecule has 1 saturated heterocycles. The number of rotatable bonds is 9. The number of nitrogens with zero attached hydrogens (tertiary/aromatic N) is 3. The molecule has 0 atom stereocenters. The van der Waals surface area contributed by atoms with Crippen molar-refractivity contribution in [2.24, 2.45) is 0 Å². The molecule has 6 heteroatoms. The Hall–Kier alpha value is -2.21. The van der Waals surface area contributed by atoms with Gasteiger partial charge in [0.2, 0.25) is 11.8 Å². The van der Waals surface area contributed by atoms with Crippen LogP contribution in [0.2, 0.25) is 0 Å². The molecule has 0 aliphatic carbocycles. The molecule has 1 aliphatic rings. The molecule has 146 valence electrons. The van der Waals surface area contributed by atoms with E-state index in [0.29, 0.717) is 25.3 Å². The van der Waals surface area contributed by atoms with Crippen LogP contribution < -0.4 is 5.32 Å². The zero-order valence-corrected chi connectivity index (χ0v) is 16.2. The molecule has 27 heavy (non-hydrogen) atoms. The van der Waals surface area contributed by atoms with Crippen LogP contribution in [0.1, 0.15) is 61.9 Å². The average molecular weight is 370 g/mol. The molecule has 0 radical (unpaired) electrons. The number of likely N-dealkylation sites (tertiary alicyclic amines) is 1. The van der Waals surface area contributed by atoms with Crippen molar-refractivity contribution in [1.82, 2.24) is 20.4 Å². The third-order valence-corrected chi connectivity index (χ3v) is 4.99. The topological polar surface area (TPSA) is 71.3 Å². The van der Waals surface area contributed by atoms with Crippen LogP contribution in [0.3, 0.4) is 0 Å². The van der Waals surface area contributed by atoms with Crippen LogP contribution in [0, 0.1) is 0 Å². The highest BCUT2D eigenvalue weighted by Crippen LogP contribution is 2.16. The number of carbonyl (C=O) groups is 1. The van der Waals surface area contributed by atoms with Gasteiger partial charge >= 0.3 is 0 Å². The number of piperidine rings is 1. The highest BCUT2D eigenvalue weighted by atomic mass is 16.5. The summed E-state index contributed by atoms with van der Waals surface area (Å²) in [5, 5.41) is 6.95. The Bertz CT molecular complexity index is 722. The van der Waals surface area contributed by atoms with E-state index in [-0.39, 0.29) is 5.91 Å². The van der Waals surface area contributed by atoms with Gasteiger partial charge in [0.05, 0.1) is 0 Å². The van der Waals surface area contributed by atoms with Crippen LogP contribution in [0.4, 0.5) is 0 Å². The summed E-state index contributed by atoms with van der Waals surface area (Å²) in [4.78, 5) is 19.0. The van der Waals surface area contributed by atoms with E-state index in [9.17, 15) is 4.79 Å². The summed E-state index contributed by atoms with van der Waals surface area (Å²) >= 11 is 0. The number of aromatic nitrogens is 2. The second kappa shape index (κ2) is 10.2. The van der Waals surface area contributed by atoms with E-state index in [4.69, 9.17) is 4.52 Å². The smallest absolute Gasteiger partial charge is 0.227 e. The van der Waals surface area contributed by atoms with E-state index >= 15 is 0 Å². The molecule has 1 aliphatic heterocycles. The normalized spacial score (nSPS) is 15.0. The Labute approximate surface area is 161 Å². The third-order valence-electron chi connectivity index (χ3n) is 4.99. The standard InChI is InChI=1S/C21H30N4O2/c1-2-8-19-23-21(27-24-19)12-11-20(26)22-15-17-9-4-5-10-18(17)16-25-13-6-3-7-14-25/h4-5,9-10H,2-3,6-8,11-16H2,1H3,(H,22,26). The Balaban J connectivity index is 1.46. The first kappa shape index (κ1) is 19.5. The molecule has 1 aromatic heterocycles. The van der Waals surface area contributed by atoms with Crippen molar-refractivity contribution in [2.45, 2.75) is 65.0 Å². The number of nitrogens with one attached hydrogen (secondary N) is 1. The average Bonchev–Trinajstić information content (AvgIpc) is 3.14. The van der Waals surface area contributed by atoms with Gasteiger partial charge in [-0.25, -0.2) is 0 Å². The fourth-order valence-electron chi connectivity index (χ4n) is 3.46. The largest absolute Gasteiger partial charge is 0.352 e. The summed E-state index contributed by atoms with van der Waals surface area (Å²) in [6, 6.07) is 8.39. The monoisotopic (exact) mass is 370 g/mol. The SMILES string of the molecule is CCCc1noc(CCC(=O)NCc2ccccc2CN2CCCCC2)n1. The minimum Gasteiger partial charge on any atom is -0.352 e. The van der Waals surface area contributed by atoms with Crippen molar-refractivity contribution in [1.29, 1.82) is 0 Å². The number of aryl methyl sites for hydroxylation is 2. The highest BCUT2D eigenvalue weighted by molar-refractivity contribution is 5.76. The first-order valence-corrected chi connectivity index (χ1v) is 10.1. The van der Waals surface area contributed by atoms with Crippen molar-refractivity contribution in [3.05, 3.63) is 47.1 Å². The predicted octanol–water partition coefficient (Wildman–Crippen LogP) is 3.26. The van der Waals surface area contributed by atoms with Gasteiger partial charge in [-0.2, -0.15) is 4.98 Å². The summed E-state index contributed by atoms with van der Waals surface area (Å²) in [7, 11) is 0. The van der Waals surface area contributed by atoms with Crippen LogP contribution in [0.15, 0.2) is 28.8 Å². The van der Waals surface area contributed by atoms with Gasteiger partial charge in [-0.1, -0.05) is 42.8 Å². The zero-order chi connectivity index (χ0) is 18.9. The second-order valence-electron chi connectivity index (χ2n) is 7.24. The number of hydrogen-bond acceptors (Lipinski definition) is 5. The maximum atomic E-state index is 12.2. The molecule has 6 nitrogen and oxygen atoms in total. The lowest BCUT2D eigenvalue weighted by atomic mass is 10.0. The van der Waals surface area contributed by atoms with Gasteiger partial charge in [-0.15, -0.1) is 0 Å². The van der Waals surface area contributed by atoms with E-state index in [0.717, 1.165) is 25.2 Å². The van der Waals surface area contributed by atoms with Gasteiger partial charge < -0.3 is 9.84 Å². The summed E-state index contributed by atoms with van der Waals surface area (Å²) in [5.41, 5.74) is 2.50. The summed E-state index contributed by atoms with van der Waals surface area (Å²) < 4.78 is 5.19. The zero-order valence-electron chi connectivity index (χ0n) is 16.2. The van der Waals surface area contributed by atoms with Crippen molar-refractivity contribution in [3.8, 4) is 0 Å². The van der Waals surface area contributed by atoms with Crippen LogP contribution in [0.25, 0.3) is 0 Å². The highest BCUT2D eigenvalue weighted by Gasteiger charge is 2.13. The molecule has 2 heterocycles. The summed E-state index contributed by atoms with van der Waals surface area (Å²) in [6.07, 6.45) is 6.55. The van der Waals surface area contributed by atoms with Crippen molar-refractivity contribution in [3.63, 3.8) is 0 Å². The van der Waals surface area contributed by atoms with Crippen molar-refractivity contribution >= 4 is 5.91 Å². The van der Waals surface area contributed by atoms with E-state index in [1.807, 2.05) is 6.07 Å². The molecule has 0 spiro atoms. The Morgan fingerprint density at radius 2 is 1.93 bits per heavy atom. The minimum atomic E-state index is 0.0121. The fourth-order valence-corrected chi connectivity index (χ4v) is 3.46. The molecule has 1 amide bonds. The third kappa shape index (κ3) is 6.17. The maximum absolute atomic E-state index is 12.2. The molecule has 3 rings (SSSR count). The maximum Gasteiger partial charge on any atom is 0.227 e. The van der Waals surface area contributed by atoms with Gasteiger partial charge in [0.1, 0.15) is 0 Å². The number of carbonyl (C=O) groups excluding carboxylic acids is 1. The molecule has 0 unspecified atom stereocenters. The number of hydrogen-bond donors (Lipinski definition) is 1.